The van der Waals surface area contributed by atoms with Gasteiger partial charge in [-0.15, -0.1) is 0 Å². The fourth-order valence-corrected chi connectivity index (χ4v) is 6.76. The Hall–Kier alpha value is -1.99. The minimum absolute atomic E-state index is 0.180. The smallest absolute Gasteiger partial charge is 0.0616 e. The van der Waals surface area contributed by atoms with Crippen LogP contribution in [-0.4, -0.2) is 5.75 Å². The highest BCUT2D eigenvalue weighted by Crippen LogP contribution is 2.48. The molecule has 3 aromatic carbocycles. The summed E-state index contributed by atoms with van der Waals surface area (Å²) in [6.45, 7) is 11.4. The average Bonchev–Trinajstić information content (AvgIpc) is 2.66. The maximum Gasteiger partial charge on any atom is 0.164 e. The molecule has 0 fully saturated rings. The second-order valence-electron chi connectivity index (χ2n) is 7.36. The van der Waals surface area contributed by atoms with Gasteiger partial charge in [-0.25, -0.2) is 0 Å². The number of hydrogen-bond acceptors (Lipinski definition) is 0. The lowest BCUT2D eigenvalue weighted by Crippen LogP contribution is -2.22. The molecule has 132 valence electrons. The molecule has 26 heavy (non-hydrogen) atoms. The lowest BCUT2D eigenvalue weighted by molar-refractivity contribution is 0.870. The molecule has 3 aromatic rings. The number of benzene rings is 3. The Morgan fingerprint density at radius 2 is 1.19 bits per heavy atom. The Morgan fingerprint density at radius 1 is 0.731 bits per heavy atom. The normalized spacial score (nSPS) is 18.3. The molecule has 1 heterocycles. The molecule has 1 aliphatic heterocycles. The van der Waals surface area contributed by atoms with Crippen molar-refractivity contribution >= 4 is 10.9 Å². The Morgan fingerprint density at radius 3 is 1.65 bits per heavy atom. The van der Waals surface area contributed by atoms with Crippen molar-refractivity contribution < 1.29 is 0 Å². The summed E-state index contributed by atoms with van der Waals surface area (Å²) in [6.07, 6.45) is 0. The first kappa shape index (κ1) is 17.4. The van der Waals surface area contributed by atoms with Gasteiger partial charge in [-0.3, -0.25) is 0 Å². The van der Waals surface area contributed by atoms with Crippen LogP contribution in [-0.2, 0) is 10.9 Å². The van der Waals surface area contributed by atoms with Crippen LogP contribution in [0.25, 0.3) is 0 Å². The SMILES string of the molecule is CC[S+]1c2ccccc2C(c2c(C)c(C)cc(C)c2C)c2ccccc21. The summed E-state index contributed by atoms with van der Waals surface area (Å²) in [6, 6.07) is 20.6. The molecule has 0 nitrogen and oxygen atoms in total. The van der Waals surface area contributed by atoms with Crippen LogP contribution >= 0.6 is 0 Å². The van der Waals surface area contributed by atoms with E-state index >= 15 is 0 Å². The van der Waals surface area contributed by atoms with Gasteiger partial charge < -0.3 is 0 Å². The fourth-order valence-electron chi connectivity index (χ4n) is 4.48. The molecule has 0 spiro atoms. The molecular formula is C25H27S+. The standard InChI is InChI=1S/C25H27S/c1-6-26-22-13-9-7-11-20(22)25(21-12-8-10-14-23(21)26)24-18(4)16(2)15-17(3)19(24)5/h7-15,25H,6H2,1-5H3/q+1. The molecule has 1 heteroatoms. The minimum atomic E-state index is 0.180. The molecule has 4 rings (SSSR count). The van der Waals surface area contributed by atoms with Crippen LogP contribution < -0.4 is 0 Å². The first-order valence-electron chi connectivity index (χ1n) is 9.50. The van der Waals surface area contributed by atoms with E-state index in [1.54, 1.807) is 0 Å². The van der Waals surface area contributed by atoms with Crippen LogP contribution in [0.5, 0.6) is 0 Å². The summed E-state index contributed by atoms with van der Waals surface area (Å²) in [5.41, 5.74) is 10.2. The number of fused-ring (bicyclic) bond motifs is 2. The lowest BCUT2D eigenvalue weighted by atomic mass is 9.78. The van der Waals surface area contributed by atoms with Crippen molar-refractivity contribution in [2.24, 2.45) is 0 Å². The van der Waals surface area contributed by atoms with Gasteiger partial charge in [-0.1, -0.05) is 42.5 Å². The summed E-state index contributed by atoms with van der Waals surface area (Å²) in [5, 5.41) is 0. The maximum absolute atomic E-state index is 2.36. The molecule has 0 aliphatic carbocycles. The van der Waals surface area contributed by atoms with Gasteiger partial charge in [-0.2, -0.15) is 0 Å². The van der Waals surface area contributed by atoms with Crippen molar-refractivity contribution in [1.82, 2.24) is 0 Å². The highest BCUT2D eigenvalue weighted by Gasteiger charge is 2.40. The Kier molecular flexibility index (Phi) is 4.44. The van der Waals surface area contributed by atoms with Crippen LogP contribution in [0.1, 0.15) is 51.8 Å². The lowest BCUT2D eigenvalue weighted by Gasteiger charge is -2.30. The average molecular weight is 360 g/mol. The monoisotopic (exact) mass is 359 g/mol. The van der Waals surface area contributed by atoms with Gasteiger partial charge in [0.05, 0.1) is 10.9 Å². The van der Waals surface area contributed by atoms with Crippen molar-refractivity contribution in [2.75, 3.05) is 5.75 Å². The highest BCUT2D eigenvalue weighted by molar-refractivity contribution is 7.97. The summed E-state index contributed by atoms with van der Waals surface area (Å²) in [7, 11) is 0.180. The molecule has 0 amide bonds. The van der Waals surface area contributed by atoms with E-state index in [1.807, 2.05) is 0 Å². The quantitative estimate of drug-likeness (QED) is 0.460. The zero-order valence-electron chi connectivity index (χ0n) is 16.4. The molecule has 0 bridgehead atoms. The van der Waals surface area contributed by atoms with Crippen LogP contribution in [0.3, 0.4) is 0 Å². The van der Waals surface area contributed by atoms with Gasteiger partial charge in [-0.05, 0) is 74.6 Å². The fraction of sp³-hybridized carbons (Fsp3) is 0.280. The number of hydrogen-bond donors (Lipinski definition) is 0. The zero-order valence-corrected chi connectivity index (χ0v) is 17.2. The van der Waals surface area contributed by atoms with E-state index in [2.05, 4.69) is 89.2 Å². The third-order valence-electron chi connectivity index (χ3n) is 5.99. The number of rotatable bonds is 2. The van der Waals surface area contributed by atoms with Gasteiger partial charge in [0, 0.05) is 17.0 Å². The summed E-state index contributed by atoms with van der Waals surface area (Å²) < 4.78 is 0. The topological polar surface area (TPSA) is 0 Å². The van der Waals surface area contributed by atoms with Crippen molar-refractivity contribution in [3.05, 3.63) is 93.5 Å². The van der Waals surface area contributed by atoms with E-state index in [0.717, 1.165) is 0 Å². The zero-order chi connectivity index (χ0) is 18.4. The predicted octanol–water partition coefficient (Wildman–Crippen LogP) is 6.47. The Bertz CT molecular complexity index is 910. The van der Waals surface area contributed by atoms with Crippen molar-refractivity contribution in [2.45, 2.75) is 50.3 Å². The second-order valence-corrected chi connectivity index (χ2v) is 9.60. The van der Waals surface area contributed by atoms with Crippen LogP contribution in [0.15, 0.2) is 64.4 Å². The van der Waals surface area contributed by atoms with E-state index in [0.29, 0.717) is 5.92 Å². The molecule has 0 saturated heterocycles. The van der Waals surface area contributed by atoms with Crippen LogP contribution in [0.4, 0.5) is 0 Å². The summed E-state index contributed by atoms with van der Waals surface area (Å²) >= 11 is 0. The van der Waals surface area contributed by atoms with Gasteiger partial charge in [0.25, 0.3) is 0 Å². The Balaban J connectivity index is 2.09. The molecule has 0 unspecified atom stereocenters. The molecular weight excluding hydrogens is 332 g/mol. The predicted molar refractivity (Wildman–Crippen MR) is 114 cm³/mol. The third-order valence-corrected chi connectivity index (χ3v) is 8.38. The maximum atomic E-state index is 2.36. The van der Waals surface area contributed by atoms with Crippen LogP contribution in [0, 0.1) is 27.7 Å². The van der Waals surface area contributed by atoms with Gasteiger partial charge in [0.15, 0.2) is 9.79 Å². The van der Waals surface area contributed by atoms with Crippen molar-refractivity contribution in [3.63, 3.8) is 0 Å². The summed E-state index contributed by atoms with van der Waals surface area (Å²) in [4.78, 5) is 3.08. The first-order valence-corrected chi connectivity index (χ1v) is 10.9. The van der Waals surface area contributed by atoms with E-state index < -0.39 is 0 Å². The first-order chi connectivity index (χ1) is 12.5. The number of aryl methyl sites for hydroxylation is 2. The van der Waals surface area contributed by atoms with Crippen molar-refractivity contribution in [3.8, 4) is 0 Å². The molecule has 0 radical (unpaired) electrons. The molecule has 0 atom stereocenters. The van der Waals surface area contributed by atoms with Crippen LogP contribution in [0.2, 0.25) is 0 Å². The van der Waals surface area contributed by atoms with Crippen molar-refractivity contribution in [1.29, 1.82) is 0 Å². The molecule has 0 aromatic heterocycles. The second kappa shape index (κ2) is 6.63. The van der Waals surface area contributed by atoms with E-state index in [1.165, 1.54) is 54.5 Å². The van der Waals surface area contributed by atoms with Gasteiger partial charge in [0.2, 0.25) is 0 Å². The highest BCUT2D eigenvalue weighted by atomic mass is 32.2. The minimum Gasteiger partial charge on any atom is -0.0616 e. The van der Waals surface area contributed by atoms with E-state index in [9.17, 15) is 0 Å². The van der Waals surface area contributed by atoms with E-state index in [4.69, 9.17) is 0 Å². The molecule has 0 N–H and O–H groups in total. The summed E-state index contributed by atoms with van der Waals surface area (Å²) in [5.74, 6) is 1.52. The Labute approximate surface area is 160 Å². The van der Waals surface area contributed by atoms with Gasteiger partial charge >= 0.3 is 0 Å². The molecule has 1 aliphatic rings. The third kappa shape index (κ3) is 2.53. The molecule has 0 saturated carbocycles. The van der Waals surface area contributed by atoms with E-state index in [-0.39, 0.29) is 10.9 Å². The van der Waals surface area contributed by atoms with Gasteiger partial charge in [0.1, 0.15) is 5.75 Å². The largest absolute Gasteiger partial charge is 0.164 e.